The summed E-state index contributed by atoms with van der Waals surface area (Å²) in [4.78, 5) is 6.82. The van der Waals surface area contributed by atoms with Crippen molar-refractivity contribution in [2.24, 2.45) is 5.92 Å². The highest BCUT2D eigenvalue weighted by molar-refractivity contribution is 6.11. The molecule has 8 nitrogen and oxygen atoms in total. The Labute approximate surface area is 196 Å². The second-order valence-electron chi connectivity index (χ2n) is 9.18. The van der Waals surface area contributed by atoms with Gasteiger partial charge in [-0.25, -0.2) is 4.98 Å². The number of pyridine rings is 1. The van der Waals surface area contributed by atoms with E-state index < -0.39 is 0 Å². The fourth-order valence-corrected chi connectivity index (χ4v) is 4.61. The van der Waals surface area contributed by atoms with Gasteiger partial charge in [0.25, 0.3) is 0 Å². The summed E-state index contributed by atoms with van der Waals surface area (Å²) in [6.07, 6.45) is 9.54. The predicted molar refractivity (Wildman–Crippen MR) is 130 cm³/mol. The van der Waals surface area contributed by atoms with Gasteiger partial charge in [0.1, 0.15) is 0 Å². The molecule has 2 aromatic heterocycles. The minimum Gasteiger partial charge on any atom is -0.481 e. The van der Waals surface area contributed by atoms with Crippen molar-refractivity contribution < 1.29 is 9.47 Å². The van der Waals surface area contributed by atoms with E-state index in [9.17, 15) is 0 Å². The Balaban J connectivity index is 1.44. The molecule has 0 aromatic carbocycles. The minimum atomic E-state index is 0.474. The number of methoxy groups -OCH3 is 1. The standard InChI is InChI=1S/C25H36N6O2/c1-18(2)30-10-6-19(7-11-30)16-31-17-21(15-28-31)29-23-9-13-33-12-8-22(23)25(26)20-4-5-24(32-3)27-14-20/h4-5,14-15,17-19,26,29H,6-13,16H2,1-3H3. The van der Waals surface area contributed by atoms with Gasteiger partial charge in [-0.1, -0.05) is 0 Å². The maximum absolute atomic E-state index is 8.81. The first-order valence-corrected chi connectivity index (χ1v) is 12.0. The molecule has 178 valence electrons. The van der Waals surface area contributed by atoms with E-state index in [2.05, 4.69) is 45.0 Å². The number of aromatic nitrogens is 3. The van der Waals surface area contributed by atoms with Crippen molar-refractivity contribution in [3.8, 4) is 5.88 Å². The third kappa shape index (κ3) is 6.00. The van der Waals surface area contributed by atoms with E-state index in [1.54, 1.807) is 19.4 Å². The van der Waals surface area contributed by atoms with Crippen molar-refractivity contribution in [1.29, 1.82) is 5.41 Å². The van der Waals surface area contributed by atoms with Crippen LogP contribution in [0.2, 0.25) is 0 Å². The molecule has 0 spiro atoms. The fraction of sp³-hybridized carbons (Fsp3) is 0.560. The van der Waals surface area contributed by atoms with Crippen LogP contribution in [-0.4, -0.2) is 64.8 Å². The lowest BCUT2D eigenvalue weighted by Crippen LogP contribution is -2.39. The molecule has 0 radical (unpaired) electrons. The molecule has 2 aliphatic rings. The Kier molecular flexibility index (Phi) is 7.77. The number of ether oxygens (including phenoxy) is 2. The van der Waals surface area contributed by atoms with Gasteiger partial charge in [0.15, 0.2) is 0 Å². The van der Waals surface area contributed by atoms with Crippen LogP contribution in [0.15, 0.2) is 42.0 Å². The number of nitrogens with one attached hydrogen (secondary N) is 2. The zero-order valence-corrected chi connectivity index (χ0v) is 20.0. The largest absolute Gasteiger partial charge is 0.481 e. The summed E-state index contributed by atoms with van der Waals surface area (Å²) in [6, 6.07) is 4.30. The summed E-state index contributed by atoms with van der Waals surface area (Å²) in [7, 11) is 1.59. The number of nitrogens with zero attached hydrogens (tertiary/aromatic N) is 4. The molecule has 33 heavy (non-hydrogen) atoms. The highest BCUT2D eigenvalue weighted by Crippen LogP contribution is 2.25. The Hall–Kier alpha value is -2.71. The molecule has 0 bridgehead atoms. The predicted octanol–water partition coefficient (Wildman–Crippen LogP) is 3.95. The SMILES string of the molecule is COc1ccc(C(=N)C2=C(Nc3cnn(CC4CCN(C(C)C)CC4)c3)CCOCC2)cn1. The summed E-state index contributed by atoms with van der Waals surface area (Å²) >= 11 is 0. The summed E-state index contributed by atoms with van der Waals surface area (Å²) in [5, 5.41) is 17.0. The molecule has 2 aromatic rings. The first-order chi connectivity index (χ1) is 16.0. The highest BCUT2D eigenvalue weighted by atomic mass is 16.5. The molecule has 4 rings (SSSR count). The van der Waals surface area contributed by atoms with E-state index in [1.165, 1.54) is 25.9 Å². The van der Waals surface area contributed by atoms with Crippen molar-refractivity contribution in [3.05, 3.63) is 47.6 Å². The van der Waals surface area contributed by atoms with Gasteiger partial charge in [0, 0.05) is 48.7 Å². The van der Waals surface area contributed by atoms with Gasteiger partial charge in [-0.15, -0.1) is 0 Å². The average Bonchev–Trinajstić information content (AvgIpc) is 3.14. The van der Waals surface area contributed by atoms with Crippen molar-refractivity contribution in [3.63, 3.8) is 0 Å². The third-order valence-electron chi connectivity index (χ3n) is 6.65. The number of hydrogen-bond acceptors (Lipinski definition) is 7. The van der Waals surface area contributed by atoms with Crippen LogP contribution in [0.25, 0.3) is 0 Å². The third-order valence-corrected chi connectivity index (χ3v) is 6.65. The molecular weight excluding hydrogens is 416 g/mol. The van der Waals surface area contributed by atoms with Crippen LogP contribution in [0.4, 0.5) is 5.69 Å². The van der Waals surface area contributed by atoms with Crippen LogP contribution in [-0.2, 0) is 11.3 Å². The van der Waals surface area contributed by atoms with E-state index in [4.69, 9.17) is 14.9 Å². The average molecular weight is 453 g/mol. The monoisotopic (exact) mass is 452 g/mol. The lowest BCUT2D eigenvalue weighted by molar-refractivity contribution is 0.140. The van der Waals surface area contributed by atoms with Gasteiger partial charge in [-0.3, -0.25) is 10.1 Å². The molecule has 0 saturated carbocycles. The van der Waals surface area contributed by atoms with Crippen LogP contribution < -0.4 is 10.1 Å². The van der Waals surface area contributed by atoms with Crippen LogP contribution in [0.5, 0.6) is 5.88 Å². The van der Waals surface area contributed by atoms with Crippen LogP contribution in [0.1, 0.15) is 45.1 Å². The Morgan fingerprint density at radius 1 is 1.21 bits per heavy atom. The fourth-order valence-electron chi connectivity index (χ4n) is 4.61. The number of likely N-dealkylation sites (tertiary alicyclic amines) is 1. The molecule has 4 heterocycles. The summed E-state index contributed by atoms with van der Waals surface area (Å²) in [6.45, 7) is 9.11. The maximum Gasteiger partial charge on any atom is 0.212 e. The molecule has 2 aliphatic heterocycles. The van der Waals surface area contributed by atoms with Crippen molar-refractivity contribution >= 4 is 11.4 Å². The molecule has 0 aliphatic carbocycles. The summed E-state index contributed by atoms with van der Waals surface area (Å²) in [5.41, 5.74) is 4.20. The van der Waals surface area contributed by atoms with Crippen LogP contribution >= 0.6 is 0 Å². The summed E-state index contributed by atoms with van der Waals surface area (Å²) < 4.78 is 12.9. The smallest absolute Gasteiger partial charge is 0.212 e. The molecule has 0 unspecified atom stereocenters. The number of hydrogen-bond donors (Lipinski definition) is 2. The lowest BCUT2D eigenvalue weighted by atomic mass is 9.96. The van der Waals surface area contributed by atoms with Gasteiger partial charge in [0.05, 0.1) is 37.9 Å². The molecule has 2 N–H and O–H groups in total. The number of piperidine rings is 1. The van der Waals surface area contributed by atoms with Gasteiger partial charge in [-0.2, -0.15) is 5.10 Å². The topological polar surface area (TPSA) is 88.3 Å². The van der Waals surface area contributed by atoms with Gasteiger partial charge >= 0.3 is 0 Å². The molecule has 1 fully saturated rings. The molecule has 0 atom stereocenters. The second-order valence-corrected chi connectivity index (χ2v) is 9.18. The zero-order chi connectivity index (χ0) is 23.2. The summed E-state index contributed by atoms with van der Waals surface area (Å²) in [5.74, 6) is 1.22. The first-order valence-electron chi connectivity index (χ1n) is 12.0. The Morgan fingerprint density at radius 2 is 2.00 bits per heavy atom. The first kappa shape index (κ1) is 23.4. The van der Waals surface area contributed by atoms with Gasteiger partial charge in [-0.05, 0) is 63.8 Å². The van der Waals surface area contributed by atoms with Crippen LogP contribution in [0, 0.1) is 11.3 Å². The van der Waals surface area contributed by atoms with Crippen molar-refractivity contribution in [1.82, 2.24) is 19.7 Å². The molecule has 1 saturated heterocycles. The Morgan fingerprint density at radius 3 is 2.70 bits per heavy atom. The maximum atomic E-state index is 8.81. The van der Waals surface area contributed by atoms with E-state index in [1.807, 2.05) is 12.3 Å². The van der Waals surface area contributed by atoms with E-state index in [-0.39, 0.29) is 0 Å². The van der Waals surface area contributed by atoms with Crippen molar-refractivity contribution in [2.75, 3.05) is 38.7 Å². The molecule has 0 amide bonds. The van der Waals surface area contributed by atoms with Gasteiger partial charge in [0.2, 0.25) is 5.88 Å². The highest BCUT2D eigenvalue weighted by Gasteiger charge is 2.22. The zero-order valence-electron chi connectivity index (χ0n) is 20.0. The van der Waals surface area contributed by atoms with Crippen LogP contribution in [0.3, 0.4) is 0 Å². The van der Waals surface area contributed by atoms with E-state index >= 15 is 0 Å². The number of anilines is 1. The van der Waals surface area contributed by atoms with E-state index in [0.29, 0.717) is 43.2 Å². The van der Waals surface area contributed by atoms with Gasteiger partial charge < -0.3 is 19.7 Å². The molecule has 8 heteroatoms. The molecular formula is C25H36N6O2. The minimum absolute atomic E-state index is 0.474. The van der Waals surface area contributed by atoms with Crippen molar-refractivity contribution in [2.45, 2.75) is 52.1 Å². The number of rotatable bonds is 8. The second kappa shape index (κ2) is 10.9. The normalized spacial score (nSPS) is 18.4. The lowest BCUT2D eigenvalue weighted by Gasteiger charge is -2.34. The Bertz CT molecular complexity index is 958. The van der Waals surface area contributed by atoms with E-state index in [0.717, 1.165) is 35.5 Å². The quantitative estimate of drug-likeness (QED) is 0.590.